The van der Waals surface area contributed by atoms with E-state index in [4.69, 9.17) is 0 Å². The van der Waals surface area contributed by atoms with Gasteiger partial charge in [0.25, 0.3) is 0 Å². The molecule has 0 saturated heterocycles. The first-order valence-electron chi connectivity index (χ1n) is 9.60. The number of rotatable bonds is 7. The smallest absolute Gasteiger partial charge is 0.368 e. The molecule has 162 valence electrons. The van der Waals surface area contributed by atoms with E-state index in [1.54, 1.807) is 6.08 Å². The fourth-order valence-electron chi connectivity index (χ4n) is 2.98. The Morgan fingerprint density at radius 1 is 1.10 bits per heavy atom. The number of nitrogens with zero attached hydrogens (tertiary/aromatic N) is 3. The van der Waals surface area contributed by atoms with E-state index in [1.165, 1.54) is 12.1 Å². The van der Waals surface area contributed by atoms with Gasteiger partial charge in [-0.15, -0.1) is 0 Å². The van der Waals surface area contributed by atoms with Crippen LogP contribution in [0.4, 0.5) is 19.0 Å². The molecule has 0 aliphatic heterocycles. The van der Waals surface area contributed by atoms with Crippen LogP contribution in [0.5, 0.6) is 0 Å². The highest BCUT2D eigenvalue weighted by Gasteiger charge is 2.30. The lowest BCUT2D eigenvalue weighted by Gasteiger charge is -2.08. The number of benzene rings is 1. The third kappa shape index (κ3) is 5.71. The summed E-state index contributed by atoms with van der Waals surface area (Å²) in [4.78, 5) is 15.8. The van der Waals surface area contributed by atoms with Crippen LogP contribution in [0.15, 0.2) is 54.7 Å². The zero-order chi connectivity index (χ0) is 22.4. The Kier molecular flexibility index (Phi) is 6.74. The van der Waals surface area contributed by atoms with Crippen molar-refractivity contribution in [2.24, 2.45) is 0 Å². The summed E-state index contributed by atoms with van der Waals surface area (Å²) in [7, 11) is 0. The second-order valence-corrected chi connectivity index (χ2v) is 6.81. The molecule has 0 atom stereocenters. The minimum Gasteiger partial charge on any atom is -0.368 e. The Bertz CT molecular complexity index is 1060. The van der Waals surface area contributed by atoms with Crippen molar-refractivity contribution in [3.05, 3.63) is 77.3 Å². The number of alkyl halides is 3. The molecule has 0 aliphatic rings. The summed E-state index contributed by atoms with van der Waals surface area (Å²) in [5.74, 6) is 0.0193. The highest BCUT2D eigenvalue weighted by molar-refractivity contribution is 5.92. The number of para-hydroxylation sites is 1. The van der Waals surface area contributed by atoms with Crippen LogP contribution in [0, 0.1) is 13.8 Å². The molecule has 31 heavy (non-hydrogen) atoms. The van der Waals surface area contributed by atoms with Gasteiger partial charge in [-0.1, -0.05) is 18.2 Å². The van der Waals surface area contributed by atoms with Crippen molar-refractivity contribution in [3.63, 3.8) is 0 Å². The lowest BCUT2D eigenvalue weighted by Crippen LogP contribution is -2.27. The molecule has 0 unspecified atom stereocenters. The van der Waals surface area contributed by atoms with Gasteiger partial charge in [-0.05, 0) is 44.2 Å². The van der Waals surface area contributed by atoms with Crippen LogP contribution in [0.3, 0.4) is 0 Å². The molecule has 6 nitrogen and oxygen atoms in total. The third-order valence-corrected chi connectivity index (χ3v) is 4.57. The molecule has 3 rings (SSSR count). The summed E-state index contributed by atoms with van der Waals surface area (Å²) >= 11 is 0. The number of amides is 1. The average Bonchev–Trinajstić information content (AvgIpc) is 3.03. The molecule has 2 aromatic heterocycles. The average molecular weight is 429 g/mol. The maximum absolute atomic E-state index is 12.5. The quantitative estimate of drug-likeness (QED) is 0.437. The van der Waals surface area contributed by atoms with Gasteiger partial charge in [0.05, 0.1) is 16.9 Å². The first-order chi connectivity index (χ1) is 14.8. The van der Waals surface area contributed by atoms with Gasteiger partial charge < -0.3 is 10.6 Å². The Labute approximate surface area is 177 Å². The Balaban J connectivity index is 1.51. The minimum atomic E-state index is -4.42. The van der Waals surface area contributed by atoms with E-state index in [1.807, 2.05) is 48.9 Å². The summed E-state index contributed by atoms with van der Waals surface area (Å²) in [5.41, 5.74) is 2.72. The molecular formula is C22H22F3N5O. The fourth-order valence-corrected chi connectivity index (χ4v) is 2.98. The minimum absolute atomic E-state index is 0.284. The van der Waals surface area contributed by atoms with Gasteiger partial charge in [0.2, 0.25) is 5.91 Å². The molecule has 1 amide bonds. The number of carbonyl (C=O) groups is 1. The van der Waals surface area contributed by atoms with Crippen LogP contribution in [0.25, 0.3) is 11.8 Å². The van der Waals surface area contributed by atoms with Crippen LogP contribution in [0.1, 0.15) is 22.5 Å². The molecule has 1 aromatic carbocycles. The molecule has 0 bridgehead atoms. The number of hydrogen-bond donors (Lipinski definition) is 2. The number of aryl methyl sites for hydroxylation is 1. The monoisotopic (exact) mass is 429 g/mol. The predicted molar refractivity (Wildman–Crippen MR) is 113 cm³/mol. The topological polar surface area (TPSA) is 71.8 Å². The van der Waals surface area contributed by atoms with Crippen molar-refractivity contribution in [2.75, 3.05) is 18.4 Å². The van der Waals surface area contributed by atoms with E-state index >= 15 is 0 Å². The van der Waals surface area contributed by atoms with Gasteiger partial charge >= 0.3 is 6.18 Å². The number of anilines is 1. The second-order valence-electron chi connectivity index (χ2n) is 6.81. The van der Waals surface area contributed by atoms with Gasteiger partial charge in [0, 0.05) is 36.6 Å². The SMILES string of the molecule is Cc1nn(-c2ccccc2)c(C)c1/C=C/C(=O)NCCNc1ccc(C(F)(F)F)cn1. The summed E-state index contributed by atoms with van der Waals surface area (Å²) in [5, 5.41) is 10.1. The summed E-state index contributed by atoms with van der Waals surface area (Å²) in [6.07, 6.45) is -0.496. The van der Waals surface area contributed by atoms with Crippen molar-refractivity contribution in [3.8, 4) is 5.69 Å². The van der Waals surface area contributed by atoms with Crippen LogP contribution in [0.2, 0.25) is 0 Å². The summed E-state index contributed by atoms with van der Waals surface area (Å²) in [6, 6.07) is 11.9. The molecule has 2 heterocycles. The molecule has 0 aliphatic carbocycles. The normalized spacial score (nSPS) is 11.6. The van der Waals surface area contributed by atoms with Crippen molar-refractivity contribution in [1.82, 2.24) is 20.1 Å². The molecule has 2 N–H and O–H groups in total. The van der Waals surface area contributed by atoms with E-state index in [0.29, 0.717) is 12.4 Å². The third-order valence-electron chi connectivity index (χ3n) is 4.57. The molecule has 0 saturated carbocycles. The first-order valence-corrected chi connectivity index (χ1v) is 9.60. The van der Waals surface area contributed by atoms with Gasteiger partial charge in [0.15, 0.2) is 0 Å². The number of aromatic nitrogens is 3. The van der Waals surface area contributed by atoms with Crippen LogP contribution in [-0.4, -0.2) is 33.8 Å². The number of halogens is 3. The molecule has 0 fully saturated rings. The number of carbonyl (C=O) groups excluding carboxylic acids is 1. The molecule has 3 aromatic rings. The van der Waals surface area contributed by atoms with Gasteiger partial charge in [-0.2, -0.15) is 18.3 Å². The maximum atomic E-state index is 12.5. The van der Waals surface area contributed by atoms with Gasteiger partial charge in [-0.3, -0.25) is 4.79 Å². The highest BCUT2D eigenvalue weighted by atomic mass is 19.4. The highest BCUT2D eigenvalue weighted by Crippen LogP contribution is 2.28. The van der Waals surface area contributed by atoms with Crippen molar-refractivity contribution in [1.29, 1.82) is 0 Å². The van der Waals surface area contributed by atoms with Crippen molar-refractivity contribution >= 4 is 17.8 Å². The van der Waals surface area contributed by atoms with E-state index in [9.17, 15) is 18.0 Å². The lowest BCUT2D eigenvalue weighted by molar-refractivity contribution is -0.137. The van der Waals surface area contributed by atoms with Gasteiger partial charge in [-0.25, -0.2) is 9.67 Å². The van der Waals surface area contributed by atoms with Crippen LogP contribution >= 0.6 is 0 Å². The van der Waals surface area contributed by atoms with Crippen molar-refractivity contribution in [2.45, 2.75) is 20.0 Å². The Morgan fingerprint density at radius 2 is 1.84 bits per heavy atom. The lowest BCUT2D eigenvalue weighted by atomic mass is 10.2. The Hall–Kier alpha value is -3.62. The fraction of sp³-hybridized carbons (Fsp3) is 0.227. The largest absolute Gasteiger partial charge is 0.417 e. The summed E-state index contributed by atoms with van der Waals surface area (Å²) in [6.45, 7) is 4.42. The van der Waals surface area contributed by atoms with E-state index in [0.717, 1.165) is 34.9 Å². The molecule has 0 spiro atoms. The zero-order valence-corrected chi connectivity index (χ0v) is 17.1. The van der Waals surface area contributed by atoms with E-state index in [2.05, 4.69) is 20.7 Å². The first kappa shape index (κ1) is 22.1. The second kappa shape index (κ2) is 9.46. The van der Waals surface area contributed by atoms with E-state index < -0.39 is 11.7 Å². The van der Waals surface area contributed by atoms with Crippen LogP contribution < -0.4 is 10.6 Å². The van der Waals surface area contributed by atoms with Gasteiger partial charge in [0.1, 0.15) is 5.82 Å². The zero-order valence-electron chi connectivity index (χ0n) is 17.1. The number of hydrogen-bond acceptors (Lipinski definition) is 4. The molecular weight excluding hydrogens is 407 g/mol. The van der Waals surface area contributed by atoms with Crippen molar-refractivity contribution < 1.29 is 18.0 Å². The molecule has 0 radical (unpaired) electrons. The standard InChI is InChI=1S/C22H22F3N5O/c1-15-19(16(2)30(29-15)18-6-4-3-5-7-18)9-11-21(31)27-13-12-26-20-10-8-17(14-28-20)22(23,24)25/h3-11,14H,12-13H2,1-2H3,(H,26,28)(H,27,31)/b11-9+. The summed E-state index contributed by atoms with van der Waals surface area (Å²) < 4.78 is 39.4. The van der Waals surface area contributed by atoms with E-state index in [-0.39, 0.29) is 12.5 Å². The maximum Gasteiger partial charge on any atom is 0.417 e. The van der Waals surface area contributed by atoms with Crippen LogP contribution in [-0.2, 0) is 11.0 Å². The number of nitrogens with one attached hydrogen (secondary N) is 2. The molecule has 9 heteroatoms. The Morgan fingerprint density at radius 3 is 2.48 bits per heavy atom. The number of pyridine rings is 1. The predicted octanol–water partition coefficient (Wildman–Crippen LogP) is 4.14.